The number of hydrogen-bond donors (Lipinski definition) is 1. The lowest BCUT2D eigenvalue weighted by atomic mass is 10.2. The van der Waals surface area contributed by atoms with Crippen LogP contribution in [0.1, 0.15) is 12.5 Å². The normalized spacial score (nSPS) is 10.4. The molecule has 0 radical (unpaired) electrons. The van der Waals surface area contributed by atoms with Crippen molar-refractivity contribution in [1.82, 2.24) is 4.98 Å². The molecule has 0 unspecified atom stereocenters. The Labute approximate surface area is 151 Å². The summed E-state index contributed by atoms with van der Waals surface area (Å²) in [6.07, 6.45) is 1.74. The number of hydrogen-bond acceptors (Lipinski definition) is 5. The summed E-state index contributed by atoms with van der Waals surface area (Å²) in [4.78, 5) is 4.53. The highest BCUT2D eigenvalue weighted by atomic mass is 35.5. The van der Waals surface area contributed by atoms with E-state index in [4.69, 9.17) is 4.74 Å². The lowest BCUT2D eigenvalue weighted by Gasteiger charge is -2.05. The molecule has 4 nitrogen and oxygen atoms in total. The maximum absolute atomic E-state index is 5.57. The van der Waals surface area contributed by atoms with Crippen LogP contribution in [0, 0.1) is 0 Å². The van der Waals surface area contributed by atoms with Crippen molar-refractivity contribution in [3.8, 4) is 17.0 Å². The number of ether oxygens (including phenoxy) is 1. The highest BCUT2D eigenvalue weighted by Crippen LogP contribution is 2.24. The van der Waals surface area contributed by atoms with Gasteiger partial charge in [0, 0.05) is 16.5 Å². The van der Waals surface area contributed by atoms with Gasteiger partial charge in [0.15, 0.2) is 0 Å². The Morgan fingerprint density at radius 2 is 1.88 bits per heavy atom. The molecule has 0 saturated heterocycles. The first kappa shape index (κ1) is 18.0. The van der Waals surface area contributed by atoms with Gasteiger partial charge in [0.2, 0.25) is 5.13 Å². The van der Waals surface area contributed by atoms with Gasteiger partial charge in [-0.25, -0.2) is 4.98 Å². The SMILES string of the molecule is CCOc1ccccc1/C=N/Nc1nc(-c2ccccc2)cs1.[Cl-]. The van der Waals surface area contributed by atoms with Crippen LogP contribution in [0.3, 0.4) is 0 Å². The van der Waals surface area contributed by atoms with E-state index in [0.717, 1.165) is 27.7 Å². The number of para-hydroxylation sites is 1. The van der Waals surface area contributed by atoms with Crippen molar-refractivity contribution >= 4 is 22.7 Å². The van der Waals surface area contributed by atoms with Crippen LogP contribution in [0.25, 0.3) is 11.3 Å². The fourth-order valence-electron chi connectivity index (χ4n) is 2.10. The summed E-state index contributed by atoms with van der Waals surface area (Å²) in [5, 5.41) is 7.03. The molecule has 0 aliphatic rings. The molecule has 0 spiro atoms. The van der Waals surface area contributed by atoms with Crippen molar-refractivity contribution in [1.29, 1.82) is 0 Å². The molecule has 124 valence electrons. The number of hydrazone groups is 1. The summed E-state index contributed by atoms with van der Waals surface area (Å²) < 4.78 is 5.57. The average Bonchev–Trinajstić information content (AvgIpc) is 3.06. The minimum absolute atomic E-state index is 0. The monoisotopic (exact) mass is 358 g/mol. The Bertz CT molecular complexity index is 790. The fraction of sp³-hybridized carbons (Fsp3) is 0.111. The molecular formula is C18H17ClN3OS-. The third-order valence-corrected chi connectivity index (χ3v) is 3.90. The van der Waals surface area contributed by atoms with E-state index in [9.17, 15) is 0 Å². The van der Waals surface area contributed by atoms with E-state index in [1.54, 1.807) is 6.21 Å². The minimum atomic E-state index is 0. The lowest BCUT2D eigenvalue weighted by Crippen LogP contribution is -3.00. The second-order valence-electron chi connectivity index (χ2n) is 4.74. The summed E-state index contributed by atoms with van der Waals surface area (Å²) >= 11 is 1.53. The van der Waals surface area contributed by atoms with Gasteiger partial charge < -0.3 is 17.1 Å². The predicted octanol–water partition coefficient (Wildman–Crippen LogP) is 1.66. The van der Waals surface area contributed by atoms with Crippen LogP contribution in [0.15, 0.2) is 65.1 Å². The molecule has 3 rings (SSSR count). The Morgan fingerprint density at radius 1 is 1.12 bits per heavy atom. The molecule has 0 fully saturated rings. The molecule has 0 atom stereocenters. The van der Waals surface area contributed by atoms with E-state index in [0.29, 0.717) is 6.61 Å². The first-order valence-electron chi connectivity index (χ1n) is 7.38. The fourth-order valence-corrected chi connectivity index (χ4v) is 2.77. The van der Waals surface area contributed by atoms with Crippen molar-refractivity contribution in [2.45, 2.75) is 6.92 Å². The van der Waals surface area contributed by atoms with E-state index in [-0.39, 0.29) is 12.4 Å². The number of thiazole rings is 1. The summed E-state index contributed by atoms with van der Waals surface area (Å²) in [5.74, 6) is 0.824. The summed E-state index contributed by atoms with van der Waals surface area (Å²) in [6.45, 7) is 2.60. The molecule has 0 amide bonds. The van der Waals surface area contributed by atoms with Crippen LogP contribution in [-0.2, 0) is 0 Å². The Balaban J connectivity index is 0.00000208. The maximum Gasteiger partial charge on any atom is 0.203 e. The number of aromatic nitrogens is 1. The smallest absolute Gasteiger partial charge is 0.203 e. The number of nitrogens with one attached hydrogen (secondary N) is 1. The zero-order chi connectivity index (χ0) is 15.9. The molecule has 1 heterocycles. The molecule has 1 N–H and O–H groups in total. The van der Waals surface area contributed by atoms with Crippen molar-refractivity contribution in [3.05, 3.63) is 65.5 Å². The van der Waals surface area contributed by atoms with E-state index >= 15 is 0 Å². The Hall–Kier alpha value is -2.37. The number of anilines is 1. The second-order valence-corrected chi connectivity index (χ2v) is 5.60. The number of nitrogens with zero attached hydrogens (tertiary/aromatic N) is 2. The first-order chi connectivity index (χ1) is 11.4. The standard InChI is InChI=1S/C18H17N3OS.ClH/c1-2-22-17-11-7-6-10-15(17)12-19-21-18-20-16(13-23-18)14-8-4-3-5-9-14;/h3-13H,2H2,1H3,(H,20,21);1H/p-1/b19-12+;. The van der Waals surface area contributed by atoms with Crippen LogP contribution < -0.4 is 22.6 Å². The minimum Gasteiger partial charge on any atom is -1.00 e. The van der Waals surface area contributed by atoms with Crippen LogP contribution in [0.5, 0.6) is 5.75 Å². The molecule has 3 aromatic rings. The van der Waals surface area contributed by atoms with Crippen LogP contribution in [-0.4, -0.2) is 17.8 Å². The van der Waals surface area contributed by atoms with Crippen molar-refractivity contribution in [2.24, 2.45) is 5.10 Å². The quantitative estimate of drug-likeness (QED) is 0.538. The first-order valence-corrected chi connectivity index (χ1v) is 8.26. The molecule has 0 aliphatic heterocycles. The van der Waals surface area contributed by atoms with Gasteiger partial charge in [-0.3, -0.25) is 5.43 Å². The van der Waals surface area contributed by atoms with Gasteiger partial charge in [-0.1, -0.05) is 42.5 Å². The summed E-state index contributed by atoms with van der Waals surface area (Å²) in [7, 11) is 0. The second kappa shape index (κ2) is 9.05. The van der Waals surface area contributed by atoms with E-state index in [1.807, 2.05) is 66.9 Å². The topological polar surface area (TPSA) is 46.5 Å². The Morgan fingerprint density at radius 3 is 2.67 bits per heavy atom. The molecule has 24 heavy (non-hydrogen) atoms. The molecule has 0 bridgehead atoms. The van der Waals surface area contributed by atoms with Crippen LogP contribution in [0.2, 0.25) is 0 Å². The molecule has 0 aliphatic carbocycles. The van der Waals surface area contributed by atoms with Gasteiger partial charge in [0.05, 0.1) is 18.5 Å². The van der Waals surface area contributed by atoms with Gasteiger partial charge in [-0.05, 0) is 19.1 Å². The predicted molar refractivity (Wildman–Crippen MR) is 96.4 cm³/mol. The van der Waals surface area contributed by atoms with Crippen molar-refractivity contribution < 1.29 is 17.1 Å². The Kier molecular flexibility index (Phi) is 6.78. The molecule has 6 heteroatoms. The van der Waals surface area contributed by atoms with E-state index in [2.05, 4.69) is 15.5 Å². The third kappa shape index (κ3) is 4.57. The maximum atomic E-state index is 5.57. The molecule has 1 aromatic heterocycles. The van der Waals surface area contributed by atoms with Gasteiger partial charge in [0.1, 0.15) is 5.75 Å². The third-order valence-electron chi connectivity index (χ3n) is 3.16. The highest BCUT2D eigenvalue weighted by molar-refractivity contribution is 7.14. The van der Waals surface area contributed by atoms with Gasteiger partial charge in [-0.15, -0.1) is 11.3 Å². The average molecular weight is 359 g/mol. The molecule has 0 saturated carbocycles. The summed E-state index contributed by atoms with van der Waals surface area (Å²) in [6, 6.07) is 17.9. The number of halogens is 1. The van der Waals surface area contributed by atoms with E-state index < -0.39 is 0 Å². The highest BCUT2D eigenvalue weighted by Gasteiger charge is 2.03. The van der Waals surface area contributed by atoms with Crippen molar-refractivity contribution in [3.63, 3.8) is 0 Å². The largest absolute Gasteiger partial charge is 1.00 e. The molecular weight excluding hydrogens is 342 g/mol. The lowest BCUT2D eigenvalue weighted by molar-refractivity contribution is -0.00000508. The van der Waals surface area contributed by atoms with Gasteiger partial charge >= 0.3 is 0 Å². The van der Waals surface area contributed by atoms with Gasteiger partial charge in [-0.2, -0.15) is 5.10 Å². The number of rotatable bonds is 6. The van der Waals surface area contributed by atoms with Gasteiger partial charge in [0.25, 0.3) is 0 Å². The number of benzene rings is 2. The van der Waals surface area contributed by atoms with Crippen LogP contribution >= 0.6 is 11.3 Å². The van der Waals surface area contributed by atoms with Crippen molar-refractivity contribution in [2.75, 3.05) is 12.0 Å². The van der Waals surface area contributed by atoms with Crippen LogP contribution in [0.4, 0.5) is 5.13 Å². The summed E-state index contributed by atoms with van der Waals surface area (Å²) in [5.41, 5.74) is 5.95. The zero-order valence-electron chi connectivity index (χ0n) is 13.1. The zero-order valence-corrected chi connectivity index (χ0v) is 14.7. The molecule has 2 aromatic carbocycles. The van der Waals surface area contributed by atoms with E-state index in [1.165, 1.54) is 11.3 Å².